The van der Waals surface area contributed by atoms with Gasteiger partial charge in [-0.1, -0.05) is 0 Å². The zero-order valence-corrected chi connectivity index (χ0v) is 24.0. The molecule has 0 saturated heterocycles. The van der Waals surface area contributed by atoms with Gasteiger partial charge >= 0.3 is 5.97 Å². The van der Waals surface area contributed by atoms with Gasteiger partial charge in [-0.3, -0.25) is 34.2 Å². The highest BCUT2D eigenvalue weighted by atomic mass is 16.4. The van der Waals surface area contributed by atoms with E-state index in [1.165, 1.54) is 0 Å². The van der Waals surface area contributed by atoms with Crippen molar-refractivity contribution in [1.82, 2.24) is 16.0 Å². The largest absolute Gasteiger partial charge is 0.480 e. The highest BCUT2D eigenvalue weighted by Crippen LogP contribution is 2.07. The number of amides is 4. The van der Waals surface area contributed by atoms with Crippen LogP contribution in [0, 0.1) is 0 Å². The predicted octanol–water partition coefficient (Wildman–Crippen LogP) is -5.72. The summed E-state index contributed by atoms with van der Waals surface area (Å²) in [5, 5.41) is 17.1. The van der Waals surface area contributed by atoms with Crippen LogP contribution < -0.4 is 61.8 Å². The smallest absolute Gasteiger partial charge is 0.326 e. The van der Waals surface area contributed by atoms with Crippen molar-refractivity contribution >= 4 is 47.5 Å². The summed E-state index contributed by atoms with van der Waals surface area (Å²) in [6.07, 6.45) is 0.589. The van der Waals surface area contributed by atoms with Crippen LogP contribution in [0.25, 0.3) is 0 Å². The van der Waals surface area contributed by atoms with E-state index in [9.17, 15) is 29.1 Å². The van der Waals surface area contributed by atoms with Crippen LogP contribution in [0.1, 0.15) is 51.4 Å². The van der Waals surface area contributed by atoms with Crippen LogP contribution in [-0.2, 0) is 24.0 Å². The standard InChI is InChI=1S/C23H46N14O6/c24-12(7-8-16(25)38)17(39)35-13(4-1-9-32-21(26)27)18(40)36-14(5-2-10-33-22(28)29)19(41)37-15(20(42)43)6-3-11-34-23(30)31/h12-15H,1-11,24H2,(H2,25,38)(H,35,39)(H,36,40)(H,37,41)(H,42,43)(H4,26,27,32)(H4,28,29,33)(H4,30,31,34). The first kappa shape index (κ1) is 38.1. The van der Waals surface area contributed by atoms with E-state index in [0.29, 0.717) is 0 Å². The summed E-state index contributed by atoms with van der Waals surface area (Å²) in [5.74, 6) is -4.75. The molecule has 43 heavy (non-hydrogen) atoms. The van der Waals surface area contributed by atoms with Crippen LogP contribution in [0.3, 0.4) is 0 Å². The summed E-state index contributed by atoms with van der Waals surface area (Å²) >= 11 is 0. The number of nitrogens with two attached hydrogens (primary N) is 8. The molecule has 0 spiro atoms. The fraction of sp³-hybridized carbons (Fsp3) is 0.652. The lowest BCUT2D eigenvalue weighted by Gasteiger charge is -2.25. The molecule has 0 aliphatic heterocycles. The number of carbonyl (C=O) groups excluding carboxylic acids is 4. The van der Waals surface area contributed by atoms with Crippen LogP contribution in [0.15, 0.2) is 15.0 Å². The highest BCUT2D eigenvalue weighted by Gasteiger charge is 2.30. The lowest BCUT2D eigenvalue weighted by Crippen LogP contribution is -2.57. The number of nitrogens with zero attached hydrogens (tertiary/aromatic N) is 3. The maximum Gasteiger partial charge on any atom is 0.326 e. The molecular weight excluding hydrogens is 568 g/mol. The topological polar surface area (TPSA) is 387 Å². The number of hydrogen-bond acceptors (Lipinski definition) is 9. The molecule has 20 nitrogen and oxygen atoms in total. The highest BCUT2D eigenvalue weighted by molar-refractivity contribution is 5.94. The van der Waals surface area contributed by atoms with Gasteiger partial charge in [-0.05, 0) is 44.9 Å². The van der Waals surface area contributed by atoms with Gasteiger partial charge in [0.15, 0.2) is 17.9 Å². The minimum absolute atomic E-state index is 0.000808. The Hall–Kier alpha value is -4.88. The van der Waals surface area contributed by atoms with Crippen LogP contribution in [0.5, 0.6) is 0 Å². The minimum Gasteiger partial charge on any atom is -0.480 e. The fourth-order valence-electron chi connectivity index (χ4n) is 3.56. The van der Waals surface area contributed by atoms with Crippen molar-refractivity contribution in [3.8, 4) is 0 Å². The molecule has 0 aliphatic carbocycles. The van der Waals surface area contributed by atoms with Crippen molar-refractivity contribution in [2.75, 3.05) is 19.6 Å². The molecule has 0 radical (unpaired) electrons. The number of carboxylic acid groups (broad SMARTS) is 1. The summed E-state index contributed by atoms with van der Waals surface area (Å²) in [6, 6.07) is -4.88. The maximum atomic E-state index is 13.3. The molecule has 20 N–H and O–H groups in total. The summed E-state index contributed by atoms with van der Waals surface area (Å²) in [7, 11) is 0. The van der Waals surface area contributed by atoms with Crippen LogP contribution in [0.4, 0.5) is 0 Å². The number of aliphatic carboxylic acids is 1. The Morgan fingerprint density at radius 2 is 0.907 bits per heavy atom. The number of hydrogen-bond donors (Lipinski definition) is 12. The molecule has 4 unspecified atom stereocenters. The summed E-state index contributed by atoms with van der Waals surface area (Å²) in [4.78, 5) is 73.4. The van der Waals surface area contributed by atoms with E-state index < -0.39 is 53.8 Å². The van der Waals surface area contributed by atoms with Gasteiger partial charge in [0.1, 0.15) is 18.1 Å². The molecule has 0 fully saturated rings. The molecular formula is C23H46N14O6. The number of primary amides is 1. The normalized spacial score (nSPS) is 13.2. The number of aliphatic imine (C=N–C) groups is 3. The number of carboxylic acids is 1. The maximum absolute atomic E-state index is 13.3. The van der Waals surface area contributed by atoms with E-state index in [2.05, 4.69) is 30.9 Å². The van der Waals surface area contributed by atoms with Gasteiger partial charge in [0.05, 0.1) is 6.04 Å². The lowest BCUT2D eigenvalue weighted by atomic mass is 10.0. The molecule has 0 aromatic carbocycles. The Bertz CT molecular complexity index is 1020. The number of carbonyl (C=O) groups is 5. The van der Waals surface area contributed by atoms with Crippen molar-refractivity contribution in [3.05, 3.63) is 0 Å². The van der Waals surface area contributed by atoms with Crippen molar-refractivity contribution in [2.24, 2.45) is 60.8 Å². The monoisotopic (exact) mass is 614 g/mol. The molecule has 0 heterocycles. The Labute approximate surface area is 248 Å². The average molecular weight is 615 g/mol. The van der Waals surface area contributed by atoms with Crippen LogP contribution in [0.2, 0.25) is 0 Å². The quantitative estimate of drug-likeness (QED) is 0.0307. The van der Waals surface area contributed by atoms with Crippen molar-refractivity contribution in [3.63, 3.8) is 0 Å². The molecule has 4 atom stereocenters. The van der Waals surface area contributed by atoms with Gasteiger partial charge in [0.25, 0.3) is 0 Å². The molecule has 244 valence electrons. The summed E-state index contributed by atoms with van der Waals surface area (Å²) < 4.78 is 0. The zero-order valence-electron chi connectivity index (χ0n) is 24.0. The van der Waals surface area contributed by atoms with Gasteiger partial charge in [0.2, 0.25) is 23.6 Å². The SMILES string of the molecule is NC(=O)CCC(N)C(=O)NC(CCCN=C(N)N)C(=O)NC(CCCN=C(N)N)C(=O)NC(CCCN=C(N)N)C(=O)O. The van der Waals surface area contributed by atoms with E-state index >= 15 is 0 Å². The third kappa shape index (κ3) is 19.0. The van der Waals surface area contributed by atoms with Gasteiger partial charge in [-0.25, -0.2) is 4.79 Å². The van der Waals surface area contributed by atoms with Gasteiger partial charge in [-0.2, -0.15) is 0 Å². The van der Waals surface area contributed by atoms with Gasteiger partial charge < -0.3 is 66.9 Å². The Balaban J connectivity index is 5.80. The molecule has 0 aromatic heterocycles. The van der Waals surface area contributed by atoms with Gasteiger partial charge in [0, 0.05) is 26.1 Å². The lowest BCUT2D eigenvalue weighted by molar-refractivity contribution is -0.142. The predicted molar refractivity (Wildman–Crippen MR) is 160 cm³/mol. The summed E-state index contributed by atoms with van der Waals surface area (Å²) in [5.41, 5.74) is 42.8. The van der Waals surface area contributed by atoms with Crippen molar-refractivity contribution < 1.29 is 29.1 Å². The average Bonchev–Trinajstić information content (AvgIpc) is 2.91. The van der Waals surface area contributed by atoms with E-state index in [-0.39, 0.29) is 88.9 Å². The van der Waals surface area contributed by atoms with E-state index in [1.54, 1.807) is 0 Å². The fourth-order valence-corrected chi connectivity index (χ4v) is 3.56. The molecule has 20 heteroatoms. The second kappa shape index (κ2) is 20.9. The number of nitrogens with one attached hydrogen (secondary N) is 3. The van der Waals surface area contributed by atoms with E-state index in [1.807, 2.05) is 0 Å². The molecule has 0 aromatic rings. The van der Waals surface area contributed by atoms with Crippen LogP contribution >= 0.6 is 0 Å². The first-order valence-corrected chi connectivity index (χ1v) is 13.5. The van der Waals surface area contributed by atoms with Crippen molar-refractivity contribution in [2.45, 2.75) is 75.5 Å². The molecule has 0 aliphatic rings. The zero-order chi connectivity index (χ0) is 32.9. The molecule has 4 amide bonds. The molecule has 0 bridgehead atoms. The molecule has 0 saturated carbocycles. The van der Waals surface area contributed by atoms with Gasteiger partial charge in [-0.15, -0.1) is 0 Å². The Morgan fingerprint density at radius 1 is 0.558 bits per heavy atom. The third-order valence-electron chi connectivity index (χ3n) is 5.75. The second-order valence-electron chi connectivity index (χ2n) is 9.48. The Kier molecular flexibility index (Phi) is 18.5. The summed E-state index contributed by atoms with van der Waals surface area (Å²) in [6.45, 7) is 0.401. The van der Waals surface area contributed by atoms with Crippen LogP contribution in [-0.4, -0.2) is 96.4 Å². The van der Waals surface area contributed by atoms with E-state index in [4.69, 9.17) is 45.9 Å². The third-order valence-corrected chi connectivity index (χ3v) is 5.75. The first-order chi connectivity index (χ1) is 20.1. The van der Waals surface area contributed by atoms with Crippen molar-refractivity contribution in [1.29, 1.82) is 0 Å². The Morgan fingerprint density at radius 3 is 1.26 bits per heavy atom. The van der Waals surface area contributed by atoms with E-state index in [0.717, 1.165) is 0 Å². The second-order valence-corrected chi connectivity index (χ2v) is 9.48. The molecule has 0 rings (SSSR count). The first-order valence-electron chi connectivity index (χ1n) is 13.5. The number of rotatable bonds is 22. The minimum atomic E-state index is -1.31. The number of guanidine groups is 3.